The summed E-state index contributed by atoms with van der Waals surface area (Å²) in [5.41, 5.74) is 2.07. The zero-order valence-corrected chi connectivity index (χ0v) is 27.7. The number of imide groups is 2. The minimum Gasteiger partial charge on any atom is -0.507 e. The Kier molecular flexibility index (Phi) is 7.60. The highest BCUT2D eigenvalue weighted by Crippen LogP contribution is 2.67. The molecule has 4 aliphatic rings. The van der Waals surface area contributed by atoms with Crippen molar-refractivity contribution in [3.8, 4) is 17.2 Å². The number of benzene rings is 3. The predicted molar refractivity (Wildman–Crippen MR) is 176 cm³/mol. The maximum absolute atomic E-state index is 14.6. The van der Waals surface area contributed by atoms with Gasteiger partial charge in [-0.25, -0.2) is 9.29 Å². The van der Waals surface area contributed by atoms with E-state index in [1.54, 1.807) is 18.2 Å². The molecule has 2 aliphatic heterocycles. The number of carbonyl (C=O) groups excluding carboxylic acids is 4. The van der Waals surface area contributed by atoms with Crippen LogP contribution >= 0.6 is 23.2 Å². The maximum Gasteiger partial charge on any atom is 0.258 e. The van der Waals surface area contributed by atoms with Gasteiger partial charge in [-0.15, -0.1) is 23.2 Å². The molecular weight excluding hydrogens is 662 g/mol. The average Bonchev–Trinajstić information content (AvgIpc) is 3.42. The number of phenolic OH excluding ortho intramolecular Hbond substituents is 1. The number of aromatic hydroxyl groups is 1. The molecule has 3 fully saturated rings. The van der Waals surface area contributed by atoms with E-state index in [9.17, 15) is 28.7 Å². The molecule has 0 radical (unpaired) electrons. The first-order chi connectivity index (χ1) is 22.9. The molecule has 248 valence electrons. The number of nitrogens with zero attached hydrogens (tertiary/aromatic N) is 2. The number of allylic oxidation sites excluding steroid dienone is 2. The number of amides is 4. The van der Waals surface area contributed by atoms with Crippen molar-refractivity contribution in [3.63, 3.8) is 0 Å². The molecule has 6 atom stereocenters. The summed E-state index contributed by atoms with van der Waals surface area (Å²) in [5, 5.41) is 11.5. The Morgan fingerprint density at radius 1 is 0.875 bits per heavy atom. The van der Waals surface area contributed by atoms with Gasteiger partial charge in [0, 0.05) is 23.6 Å². The van der Waals surface area contributed by atoms with E-state index < -0.39 is 57.0 Å². The van der Waals surface area contributed by atoms with Crippen LogP contribution in [0.3, 0.4) is 0 Å². The smallest absolute Gasteiger partial charge is 0.258 e. The first-order valence-corrected chi connectivity index (χ1v) is 16.3. The molecule has 3 aromatic carbocycles. The first kappa shape index (κ1) is 32.2. The summed E-state index contributed by atoms with van der Waals surface area (Å²) in [5.74, 6) is -6.95. The summed E-state index contributed by atoms with van der Waals surface area (Å²) in [6.07, 6.45) is 2.44. The number of aryl methyl sites for hydroxylation is 1. The molecule has 1 saturated carbocycles. The van der Waals surface area contributed by atoms with Crippen molar-refractivity contribution in [1.29, 1.82) is 0 Å². The van der Waals surface area contributed by atoms with Crippen molar-refractivity contribution in [2.45, 2.75) is 41.9 Å². The van der Waals surface area contributed by atoms with E-state index in [2.05, 4.69) is 0 Å². The van der Waals surface area contributed by atoms with Gasteiger partial charge < -0.3 is 14.6 Å². The van der Waals surface area contributed by atoms with Gasteiger partial charge in [0.1, 0.15) is 23.1 Å². The van der Waals surface area contributed by atoms with Crippen molar-refractivity contribution in [3.05, 3.63) is 89.3 Å². The van der Waals surface area contributed by atoms with Gasteiger partial charge in [-0.2, -0.15) is 0 Å². The van der Waals surface area contributed by atoms with E-state index in [-0.39, 0.29) is 47.2 Å². The van der Waals surface area contributed by atoms with Crippen LogP contribution in [0.2, 0.25) is 0 Å². The third-order valence-electron chi connectivity index (χ3n) is 10.3. The first-order valence-electron chi connectivity index (χ1n) is 15.5. The number of halogens is 3. The largest absolute Gasteiger partial charge is 0.507 e. The molecule has 2 aliphatic carbocycles. The molecule has 9 nitrogen and oxygen atoms in total. The number of anilines is 2. The lowest BCUT2D eigenvalue weighted by Crippen LogP contribution is -2.60. The number of carbonyl (C=O) groups is 4. The number of phenols is 1. The van der Waals surface area contributed by atoms with E-state index >= 15 is 0 Å². The minimum absolute atomic E-state index is 0.0502. The van der Waals surface area contributed by atoms with Gasteiger partial charge >= 0.3 is 0 Å². The van der Waals surface area contributed by atoms with Gasteiger partial charge in [0.15, 0.2) is 9.75 Å². The van der Waals surface area contributed by atoms with Crippen molar-refractivity contribution in [2.75, 3.05) is 24.0 Å². The highest BCUT2D eigenvalue weighted by atomic mass is 35.5. The van der Waals surface area contributed by atoms with Crippen LogP contribution < -0.4 is 19.3 Å². The summed E-state index contributed by atoms with van der Waals surface area (Å²) in [6, 6.07) is 14.8. The van der Waals surface area contributed by atoms with Gasteiger partial charge in [-0.3, -0.25) is 24.1 Å². The molecule has 2 heterocycles. The monoisotopic (exact) mass is 692 g/mol. The molecule has 48 heavy (non-hydrogen) atoms. The topological polar surface area (TPSA) is 113 Å². The number of fused-ring (bicyclic) bond motifs is 4. The molecule has 6 unspecified atom stereocenters. The van der Waals surface area contributed by atoms with Crippen LogP contribution in [-0.2, 0) is 25.6 Å². The lowest BCUT2D eigenvalue weighted by Gasteiger charge is -2.50. The number of rotatable bonds is 6. The Morgan fingerprint density at radius 2 is 1.52 bits per heavy atom. The minimum atomic E-state index is -2.24. The fourth-order valence-electron chi connectivity index (χ4n) is 8.02. The SMILES string of the molecule is CCc1ccc(N2C(=O)C3CC=C4C(CC5(Cl)C(=O)N(c6ccc(F)cc6)C(=O)C5(Cl)C4c4c(O)cc(OC)cc4OC)C3C2=O)cc1. The van der Waals surface area contributed by atoms with Crippen LogP contribution in [0.1, 0.15) is 36.8 Å². The van der Waals surface area contributed by atoms with Crippen LogP contribution in [0.4, 0.5) is 15.8 Å². The Balaban J connectivity index is 1.42. The van der Waals surface area contributed by atoms with E-state index in [4.69, 9.17) is 32.7 Å². The van der Waals surface area contributed by atoms with Crippen molar-refractivity contribution < 1.29 is 38.1 Å². The number of methoxy groups -OCH3 is 2. The second kappa shape index (κ2) is 11.3. The number of alkyl halides is 2. The van der Waals surface area contributed by atoms with E-state index in [1.165, 1.54) is 43.4 Å². The maximum atomic E-state index is 14.6. The standard InChI is InChI=1S/C36H31Cl2FN2O7/c1-4-18-5-9-20(10-6-18)40-31(43)24-14-13-23-25(28(24)32(40)44)17-35(37)33(45)41(21-11-7-19(39)8-12-21)34(46)36(35,38)30(23)29-26(42)15-22(47-2)16-27(29)48-3/h5-13,15-16,24-25,28,30,42H,4,14,17H2,1-3H3. The van der Waals surface area contributed by atoms with Crippen molar-refractivity contribution >= 4 is 58.2 Å². The van der Waals surface area contributed by atoms with Crippen LogP contribution in [-0.4, -0.2) is 52.7 Å². The Bertz CT molecular complexity index is 1920. The summed E-state index contributed by atoms with van der Waals surface area (Å²) in [4.78, 5) is 54.9. The number of hydrogen-bond donors (Lipinski definition) is 1. The van der Waals surface area contributed by atoms with Gasteiger partial charge in [0.2, 0.25) is 11.8 Å². The fourth-order valence-corrected chi connectivity index (χ4v) is 8.93. The molecule has 0 bridgehead atoms. The Hall–Kier alpha value is -4.41. The van der Waals surface area contributed by atoms with Gasteiger partial charge in [-0.05, 0) is 67.1 Å². The number of ether oxygens (including phenoxy) is 2. The summed E-state index contributed by atoms with van der Waals surface area (Å²) in [7, 11) is 2.77. The van der Waals surface area contributed by atoms with Crippen molar-refractivity contribution in [2.24, 2.45) is 17.8 Å². The van der Waals surface area contributed by atoms with E-state index in [0.29, 0.717) is 11.3 Å². The third-order valence-corrected chi connectivity index (χ3v) is 11.8. The molecule has 2 saturated heterocycles. The molecule has 3 aromatic rings. The molecule has 0 spiro atoms. The highest BCUT2D eigenvalue weighted by Gasteiger charge is 2.77. The molecule has 7 rings (SSSR count). The Labute approximate surface area is 285 Å². The quantitative estimate of drug-likeness (QED) is 0.195. The molecule has 12 heteroatoms. The second-order valence-corrected chi connectivity index (χ2v) is 13.8. The number of hydrogen-bond acceptors (Lipinski definition) is 7. The summed E-state index contributed by atoms with van der Waals surface area (Å²) >= 11 is 14.8. The predicted octanol–water partition coefficient (Wildman–Crippen LogP) is 5.88. The molecule has 0 aromatic heterocycles. The van der Waals surface area contributed by atoms with Crippen LogP contribution in [0, 0.1) is 23.6 Å². The molecule has 1 N–H and O–H groups in total. The van der Waals surface area contributed by atoms with Crippen molar-refractivity contribution in [1.82, 2.24) is 0 Å². The zero-order chi connectivity index (χ0) is 34.3. The van der Waals surface area contributed by atoms with E-state index in [1.807, 2.05) is 19.1 Å². The lowest BCUT2D eigenvalue weighted by atomic mass is 9.56. The van der Waals surface area contributed by atoms with Gasteiger partial charge in [-0.1, -0.05) is 30.7 Å². The highest BCUT2D eigenvalue weighted by molar-refractivity contribution is 6.58. The Morgan fingerprint density at radius 3 is 2.15 bits per heavy atom. The van der Waals surface area contributed by atoms with Gasteiger partial charge in [0.05, 0.1) is 37.4 Å². The third kappa shape index (κ3) is 4.28. The van der Waals surface area contributed by atoms with Crippen LogP contribution in [0.5, 0.6) is 17.2 Å². The molecular formula is C36H31Cl2FN2O7. The summed E-state index contributed by atoms with van der Waals surface area (Å²) in [6.45, 7) is 2.00. The summed E-state index contributed by atoms with van der Waals surface area (Å²) < 4.78 is 24.9. The second-order valence-electron chi connectivity index (χ2n) is 12.5. The molecule has 4 amide bonds. The van der Waals surface area contributed by atoms with Gasteiger partial charge in [0.25, 0.3) is 11.8 Å². The zero-order valence-electron chi connectivity index (χ0n) is 26.2. The van der Waals surface area contributed by atoms with E-state index in [0.717, 1.165) is 29.0 Å². The average molecular weight is 694 g/mol. The lowest BCUT2D eigenvalue weighted by molar-refractivity contribution is -0.125. The normalized spacial score (nSPS) is 29.4. The van der Waals surface area contributed by atoms with Crippen LogP contribution in [0.25, 0.3) is 0 Å². The van der Waals surface area contributed by atoms with Crippen LogP contribution in [0.15, 0.2) is 72.3 Å². The fraction of sp³-hybridized carbons (Fsp3) is 0.333.